The van der Waals surface area contributed by atoms with Gasteiger partial charge in [0.2, 0.25) is 5.91 Å². The third-order valence-corrected chi connectivity index (χ3v) is 2.03. The molecule has 0 unspecified atom stereocenters. The normalized spacial score (nSPS) is 11.0. The number of carbonyl (C=O) groups is 2. The van der Waals surface area contributed by atoms with E-state index in [9.17, 15) is 9.59 Å². The Morgan fingerprint density at radius 2 is 1.94 bits per heavy atom. The summed E-state index contributed by atoms with van der Waals surface area (Å²) in [5.74, 6) is -1.55. The van der Waals surface area contributed by atoms with Gasteiger partial charge in [-0.15, -0.1) is 0 Å². The van der Waals surface area contributed by atoms with E-state index in [-0.39, 0.29) is 5.70 Å². The lowest BCUT2D eigenvalue weighted by Crippen LogP contribution is -2.24. The summed E-state index contributed by atoms with van der Waals surface area (Å²) in [6, 6.07) is 7.34. The molecule has 0 heterocycles. The van der Waals surface area contributed by atoms with Crippen LogP contribution in [-0.4, -0.2) is 17.0 Å². The fraction of sp³-hybridized carbons (Fsp3) is 0.167. The molecule has 84 valence electrons. The molecular weight excluding hydrogens is 206 g/mol. The smallest absolute Gasteiger partial charge is 0.352 e. The largest absolute Gasteiger partial charge is 0.477 e. The topological polar surface area (TPSA) is 66.4 Å². The van der Waals surface area contributed by atoms with Gasteiger partial charge in [-0.05, 0) is 24.1 Å². The van der Waals surface area contributed by atoms with Crippen LogP contribution >= 0.6 is 0 Å². The molecule has 0 aliphatic carbocycles. The van der Waals surface area contributed by atoms with E-state index in [1.165, 1.54) is 13.0 Å². The first-order chi connectivity index (χ1) is 7.50. The Hall–Kier alpha value is -2.10. The Kier molecular flexibility index (Phi) is 3.83. The van der Waals surface area contributed by atoms with Crippen LogP contribution in [0.1, 0.15) is 18.1 Å². The second kappa shape index (κ2) is 5.11. The number of aliphatic carboxylic acids is 1. The number of benzene rings is 1. The molecule has 16 heavy (non-hydrogen) atoms. The van der Waals surface area contributed by atoms with Gasteiger partial charge in [0.05, 0.1) is 0 Å². The van der Waals surface area contributed by atoms with Crippen molar-refractivity contribution in [1.82, 2.24) is 5.32 Å². The average molecular weight is 219 g/mol. The first-order valence-corrected chi connectivity index (χ1v) is 4.79. The van der Waals surface area contributed by atoms with E-state index in [1.54, 1.807) is 6.07 Å². The molecule has 4 heteroatoms. The zero-order valence-corrected chi connectivity index (χ0v) is 9.15. The SMILES string of the molecule is CC(=O)N/C(=C\c1ccccc1C)C(=O)O. The standard InChI is InChI=1S/C12H13NO3/c1-8-5-3-4-6-10(8)7-11(12(15)16)13-9(2)14/h3-7H,1-2H3,(H,13,14)(H,15,16)/b11-7-. The van der Waals surface area contributed by atoms with Crippen LogP contribution in [0.3, 0.4) is 0 Å². The Bertz CT molecular complexity index is 449. The van der Waals surface area contributed by atoms with Crippen LogP contribution < -0.4 is 5.32 Å². The van der Waals surface area contributed by atoms with Crippen LogP contribution in [0.4, 0.5) is 0 Å². The number of nitrogens with one attached hydrogen (secondary N) is 1. The lowest BCUT2D eigenvalue weighted by Gasteiger charge is -2.04. The number of carbonyl (C=O) groups excluding carboxylic acids is 1. The van der Waals surface area contributed by atoms with Gasteiger partial charge in [-0.25, -0.2) is 4.79 Å². The minimum absolute atomic E-state index is 0.123. The molecule has 0 spiro atoms. The second-order valence-electron chi connectivity index (χ2n) is 3.40. The molecule has 0 bridgehead atoms. The Balaban J connectivity index is 3.07. The maximum atomic E-state index is 10.9. The number of hydrogen-bond acceptors (Lipinski definition) is 2. The average Bonchev–Trinajstić information content (AvgIpc) is 2.19. The fourth-order valence-corrected chi connectivity index (χ4v) is 1.25. The van der Waals surface area contributed by atoms with Crippen LogP contribution in [0.15, 0.2) is 30.0 Å². The van der Waals surface area contributed by atoms with Crippen molar-refractivity contribution in [2.24, 2.45) is 0 Å². The van der Waals surface area contributed by atoms with Crippen LogP contribution in [0.5, 0.6) is 0 Å². The molecule has 1 aromatic rings. The maximum absolute atomic E-state index is 10.9. The summed E-state index contributed by atoms with van der Waals surface area (Å²) in [7, 11) is 0. The quantitative estimate of drug-likeness (QED) is 0.758. The Morgan fingerprint density at radius 1 is 1.31 bits per heavy atom. The van der Waals surface area contributed by atoms with Crippen LogP contribution in [0.2, 0.25) is 0 Å². The molecule has 0 aliphatic heterocycles. The lowest BCUT2D eigenvalue weighted by molar-refractivity contribution is -0.134. The van der Waals surface area contributed by atoms with Gasteiger partial charge in [0.15, 0.2) is 0 Å². The molecule has 2 N–H and O–H groups in total. The number of rotatable bonds is 3. The summed E-state index contributed by atoms with van der Waals surface area (Å²) >= 11 is 0. The summed E-state index contributed by atoms with van der Waals surface area (Å²) in [4.78, 5) is 21.7. The highest BCUT2D eigenvalue weighted by atomic mass is 16.4. The van der Waals surface area contributed by atoms with Gasteiger partial charge in [0.1, 0.15) is 5.70 Å². The van der Waals surface area contributed by atoms with Gasteiger partial charge >= 0.3 is 5.97 Å². The zero-order valence-electron chi connectivity index (χ0n) is 9.15. The van der Waals surface area contributed by atoms with E-state index in [4.69, 9.17) is 5.11 Å². The van der Waals surface area contributed by atoms with Crippen LogP contribution in [0.25, 0.3) is 6.08 Å². The molecule has 1 amide bonds. The highest BCUT2D eigenvalue weighted by Gasteiger charge is 2.09. The minimum Gasteiger partial charge on any atom is -0.477 e. The van der Waals surface area contributed by atoms with Gasteiger partial charge in [-0.2, -0.15) is 0 Å². The summed E-state index contributed by atoms with van der Waals surface area (Å²) < 4.78 is 0. The molecule has 4 nitrogen and oxygen atoms in total. The zero-order chi connectivity index (χ0) is 12.1. The molecule has 1 aromatic carbocycles. The van der Waals surface area contributed by atoms with E-state index in [0.717, 1.165) is 11.1 Å². The third-order valence-electron chi connectivity index (χ3n) is 2.03. The van der Waals surface area contributed by atoms with Gasteiger partial charge in [-0.3, -0.25) is 4.79 Å². The predicted molar refractivity (Wildman–Crippen MR) is 60.6 cm³/mol. The Labute approximate surface area is 93.6 Å². The van der Waals surface area contributed by atoms with Crippen molar-refractivity contribution in [2.45, 2.75) is 13.8 Å². The van der Waals surface area contributed by atoms with Gasteiger partial charge in [-0.1, -0.05) is 24.3 Å². The summed E-state index contributed by atoms with van der Waals surface area (Å²) in [5, 5.41) is 11.2. The van der Waals surface area contributed by atoms with Crippen molar-refractivity contribution >= 4 is 18.0 Å². The molecule has 0 fully saturated rings. The summed E-state index contributed by atoms with van der Waals surface area (Å²) in [6.45, 7) is 3.15. The second-order valence-corrected chi connectivity index (χ2v) is 3.40. The van der Waals surface area contributed by atoms with E-state index >= 15 is 0 Å². The van der Waals surface area contributed by atoms with Crippen molar-refractivity contribution in [3.05, 3.63) is 41.1 Å². The van der Waals surface area contributed by atoms with Crippen molar-refractivity contribution in [1.29, 1.82) is 0 Å². The van der Waals surface area contributed by atoms with Crippen molar-refractivity contribution in [2.75, 3.05) is 0 Å². The first kappa shape index (κ1) is 12.0. The minimum atomic E-state index is -1.15. The van der Waals surface area contributed by atoms with E-state index in [0.29, 0.717) is 0 Å². The number of aryl methyl sites for hydroxylation is 1. The molecular formula is C12H13NO3. The molecule has 0 atom stereocenters. The molecule has 0 aliphatic rings. The van der Waals surface area contributed by atoms with Crippen molar-refractivity contribution in [3.8, 4) is 0 Å². The number of carboxylic acid groups (broad SMARTS) is 1. The van der Waals surface area contributed by atoms with E-state index < -0.39 is 11.9 Å². The monoisotopic (exact) mass is 219 g/mol. The number of carboxylic acids is 1. The van der Waals surface area contributed by atoms with Gasteiger partial charge in [0, 0.05) is 6.92 Å². The Morgan fingerprint density at radius 3 is 2.44 bits per heavy atom. The van der Waals surface area contributed by atoms with E-state index in [2.05, 4.69) is 5.32 Å². The molecule has 0 saturated carbocycles. The third kappa shape index (κ3) is 3.24. The number of amides is 1. The van der Waals surface area contributed by atoms with Crippen LogP contribution in [0, 0.1) is 6.92 Å². The van der Waals surface area contributed by atoms with Crippen molar-refractivity contribution < 1.29 is 14.7 Å². The van der Waals surface area contributed by atoms with Gasteiger partial charge in [0.25, 0.3) is 0 Å². The molecule has 0 radical (unpaired) electrons. The first-order valence-electron chi connectivity index (χ1n) is 4.79. The summed E-state index contributed by atoms with van der Waals surface area (Å²) in [5.41, 5.74) is 1.60. The number of hydrogen-bond donors (Lipinski definition) is 2. The lowest BCUT2D eigenvalue weighted by atomic mass is 10.1. The van der Waals surface area contributed by atoms with Crippen molar-refractivity contribution in [3.63, 3.8) is 0 Å². The molecule has 0 saturated heterocycles. The predicted octanol–water partition coefficient (Wildman–Crippen LogP) is 1.56. The highest BCUT2D eigenvalue weighted by Crippen LogP contribution is 2.11. The van der Waals surface area contributed by atoms with E-state index in [1.807, 2.05) is 25.1 Å². The molecule has 0 aromatic heterocycles. The fourth-order valence-electron chi connectivity index (χ4n) is 1.25. The summed E-state index contributed by atoms with van der Waals surface area (Å²) in [6.07, 6.45) is 1.44. The highest BCUT2D eigenvalue weighted by molar-refractivity contribution is 5.96. The van der Waals surface area contributed by atoms with Gasteiger partial charge < -0.3 is 10.4 Å². The maximum Gasteiger partial charge on any atom is 0.352 e. The van der Waals surface area contributed by atoms with Crippen LogP contribution in [-0.2, 0) is 9.59 Å². The molecule has 1 rings (SSSR count).